The second-order valence-corrected chi connectivity index (χ2v) is 4.33. The molecule has 0 aliphatic heterocycles. The molecule has 0 unspecified atom stereocenters. The van der Waals surface area contributed by atoms with E-state index in [-0.39, 0.29) is 5.56 Å². The Morgan fingerprint density at radius 1 is 1.07 bits per heavy atom. The van der Waals surface area contributed by atoms with Gasteiger partial charge in [-0.25, -0.2) is 8.78 Å². The molecule has 2 rings (SSSR count). The van der Waals surface area contributed by atoms with Gasteiger partial charge in [0.2, 0.25) is 0 Å². The summed E-state index contributed by atoms with van der Waals surface area (Å²) in [6.07, 6.45) is -1.55. The summed E-state index contributed by atoms with van der Waals surface area (Å²) < 4.78 is 24.6. The lowest BCUT2D eigenvalue weighted by atomic mass is 10.1. The number of thiophene rings is 1. The summed E-state index contributed by atoms with van der Waals surface area (Å²) in [5, 5.41) is 2.02. The van der Waals surface area contributed by atoms with Crippen LogP contribution in [0.25, 0.3) is 0 Å². The molecule has 0 fully saturated rings. The fraction of sp³-hybridized carbons (Fsp3) is 0.167. The fourth-order valence-corrected chi connectivity index (χ4v) is 2.13. The monoisotopic (exact) mass is 224 g/mol. The molecule has 0 radical (unpaired) electrons. The van der Waals surface area contributed by atoms with Crippen LogP contribution in [-0.2, 0) is 6.42 Å². The summed E-state index contributed by atoms with van der Waals surface area (Å²) in [6, 6.07) is 10.6. The lowest BCUT2D eigenvalue weighted by Crippen LogP contribution is -1.87. The van der Waals surface area contributed by atoms with Crippen molar-refractivity contribution in [2.45, 2.75) is 12.8 Å². The number of halogens is 2. The van der Waals surface area contributed by atoms with Gasteiger partial charge in [-0.3, -0.25) is 0 Å². The molecule has 0 aliphatic rings. The van der Waals surface area contributed by atoms with E-state index < -0.39 is 6.43 Å². The van der Waals surface area contributed by atoms with Gasteiger partial charge >= 0.3 is 0 Å². The molecule has 1 aromatic heterocycles. The van der Waals surface area contributed by atoms with Crippen LogP contribution >= 0.6 is 11.3 Å². The maximum absolute atomic E-state index is 12.3. The van der Waals surface area contributed by atoms with Gasteiger partial charge in [0.25, 0.3) is 6.43 Å². The molecular formula is C12H10F2S. The van der Waals surface area contributed by atoms with Crippen molar-refractivity contribution in [1.82, 2.24) is 0 Å². The van der Waals surface area contributed by atoms with Crippen molar-refractivity contribution in [3.8, 4) is 0 Å². The highest BCUT2D eigenvalue weighted by atomic mass is 32.1. The predicted octanol–water partition coefficient (Wildman–Crippen LogP) is 4.28. The molecule has 0 saturated heterocycles. The van der Waals surface area contributed by atoms with Gasteiger partial charge in [-0.15, -0.1) is 11.3 Å². The summed E-state index contributed by atoms with van der Waals surface area (Å²) >= 11 is 1.68. The quantitative estimate of drug-likeness (QED) is 0.730. The topological polar surface area (TPSA) is 0 Å². The molecule has 0 bridgehead atoms. The summed E-state index contributed by atoms with van der Waals surface area (Å²) in [5.41, 5.74) is 1.16. The standard InChI is InChI=1S/C12H10F2S/c13-12(14)10-5-3-9(4-6-10)8-11-2-1-7-15-11/h1-7,12H,8H2. The SMILES string of the molecule is FC(F)c1ccc(Cc2cccs2)cc1. The maximum atomic E-state index is 12.3. The van der Waals surface area contributed by atoms with E-state index >= 15 is 0 Å². The average molecular weight is 224 g/mol. The highest BCUT2D eigenvalue weighted by Crippen LogP contribution is 2.20. The minimum Gasteiger partial charge on any atom is -0.205 e. The van der Waals surface area contributed by atoms with Crippen LogP contribution in [0.15, 0.2) is 41.8 Å². The first kappa shape index (κ1) is 10.3. The van der Waals surface area contributed by atoms with Gasteiger partial charge in [-0.2, -0.15) is 0 Å². The Morgan fingerprint density at radius 2 is 1.80 bits per heavy atom. The molecule has 15 heavy (non-hydrogen) atoms. The Morgan fingerprint density at radius 3 is 2.33 bits per heavy atom. The molecule has 2 aromatic rings. The average Bonchev–Trinajstić information content (AvgIpc) is 2.71. The molecule has 1 heterocycles. The van der Waals surface area contributed by atoms with Gasteiger partial charge in [0.15, 0.2) is 0 Å². The Balaban J connectivity index is 2.11. The van der Waals surface area contributed by atoms with Crippen LogP contribution in [0.2, 0.25) is 0 Å². The Hall–Kier alpha value is -1.22. The van der Waals surface area contributed by atoms with Gasteiger partial charge in [0.1, 0.15) is 0 Å². The van der Waals surface area contributed by atoms with Crippen LogP contribution < -0.4 is 0 Å². The van der Waals surface area contributed by atoms with Crippen molar-refractivity contribution < 1.29 is 8.78 Å². The Bertz CT molecular complexity index is 404. The predicted molar refractivity (Wildman–Crippen MR) is 58.5 cm³/mol. The van der Waals surface area contributed by atoms with E-state index in [0.29, 0.717) is 0 Å². The van der Waals surface area contributed by atoms with Gasteiger partial charge in [0.05, 0.1) is 0 Å². The molecule has 78 valence electrons. The van der Waals surface area contributed by atoms with E-state index in [9.17, 15) is 8.78 Å². The lowest BCUT2D eigenvalue weighted by molar-refractivity contribution is 0.151. The molecule has 0 spiro atoms. The summed E-state index contributed by atoms with van der Waals surface area (Å²) in [4.78, 5) is 1.25. The largest absolute Gasteiger partial charge is 0.263 e. The van der Waals surface area contributed by atoms with E-state index in [1.165, 1.54) is 17.0 Å². The normalized spacial score (nSPS) is 10.9. The minimum atomic E-state index is -2.37. The van der Waals surface area contributed by atoms with Gasteiger partial charge in [-0.05, 0) is 17.0 Å². The van der Waals surface area contributed by atoms with Crippen LogP contribution in [0.4, 0.5) is 8.78 Å². The van der Waals surface area contributed by atoms with Crippen LogP contribution in [0, 0.1) is 0 Å². The molecular weight excluding hydrogens is 214 g/mol. The fourth-order valence-electron chi connectivity index (χ4n) is 1.40. The smallest absolute Gasteiger partial charge is 0.205 e. The third-order valence-electron chi connectivity index (χ3n) is 2.19. The number of hydrogen-bond donors (Lipinski definition) is 0. The van der Waals surface area contributed by atoms with Crippen LogP contribution in [-0.4, -0.2) is 0 Å². The minimum absolute atomic E-state index is 0.0879. The summed E-state index contributed by atoms with van der Waals surface area (Å²) in [6.45, 7) is 0. The Kier molecular flexibility index (Phi) is 3.11. The number of benzene rings is 1. The van der Waals surface area contributed by atoms with Gasteiger partial charge in [0, 0.05) is 16.9 Å². The maximum Gasteiger partial charge on any atom is 0.263 e. The number of hydrogen-bond acceptors (Lipinski definition) is 1. The lowest BCUT2D eigenvalue weighted by Gasteiger charge is -2.02. The molecule has 0 nitrogen and oxygen atoms in total. The van der Waals surface area contributed by atoms with Gasteiger partial charge in [-0.1, -0.05) is 30.3 Å². The first-order valence-corrected chi connectivity index (χ1v) is 5.53. The highest BCUT2D eigenvalue weighted by molar-refractivity contribution is 7.09. The van der Waals surface area contributed by atoms with E-state index in [4.69, 9.17) is 0 Å². The Labute approximate surface area is 91.2 Å². The van der Waals surface area contributed by atoms with Crippen molar-refractivity contribution in [1.29, 1.82) is 0 Å². The zero-order valence-electron chi connectivity index (χ0n) is 7.99. The van der Waals surface area contributed by atoms with Crippen molar-refractivity contribution in [3.63, 3.8) is 0 Å². The third-order valence-corrected chi connectivity index (χ3v) is 3.07. The molecule has 0 atom stereocenters. The highest BCUT2D eigenvalue weighted by Gasteiger charge is 2.05. The molecule has 1 aromatic carbocycles. The zero-order valence-corrected chi connectivity index (χ0v) is 8.81. The van der Waals surface area contributed by atoms with E-state index in [1.807, 2.05) is 17.5 Å². The zero-order chi connectivity index (χ0) is 10.7. The first-order chi connectivity index (χ1) is 7.25. The molecule has 0 aliphatic carbocycles. The molecule has 3 heteroatoms. The van der Waals surface area contributed by atoms with Crippen molar-refractivity contribution in [2.24, 2.45) is 0 Å². The molecule has 0 N–H and O–H groups in total. The first-order valence-electron chi connectivity index (χ1n) is 4.65. The van der Waals surface area contributed by atoms with E-state index in [1.54, 1.807) is 23.5 Å². The van der Waals surface area contributed by atoms with Gasteiger partial charge < -0.3 is 0 Å². The van der Waals surface area contributed by atoms with Crippen LogP contribution in [0.5, 0.6) is 0 Å². The third kappa shape index (κ3) is 2.63. The van der Waals surface area contributed by atoms with Crippen molar-refractivity contribution in [2.75, 3.05) is 0 Å². The van der Waals surface area contributed by atoms with E-state index in [0.717, 1.165) is 12.0 Å². The van der Waals surface area contributed by atoms with Crippen LogP contribution in [0.3, 0.4) is 0 Å². The molecule has 0 saturated carbocycles. The van der Waals surface area contributed by atoms with Crippen LogP contribution in [0.1, 0.15) is 22.4 Å². The van der Waals surface area contributed by atoms with E-state index in [2.05, 4.69) is 0 Å². The van der Waals surface area contributed by atoms with Crippen molar-refractivity contribution in [3.05, 3.63) is 57.8 Å². The number of alkyl halides is 2. The summed E-state index contributed by atoms with van der Waals surface area (Å²) in [5.74, 6) is 0. The second-order valence-electron chi connectivity index (χ2n) is 3.30. The molecule has 0 amide bonds. The second kappa shape index (κ2) is 4.53. The van der Waals surface area contributed by atoms with Crippen molar-refractivity contribution >= 4 is 11.3 Å². The summed E-state index contributed by atoms with van der Waals surface area (Å²) in [7, 11) is 0. The number of rotatable bonds is 3.